The molecule has 0 aliphatic carbocycles. The molecule has 0 fully saturated rings. The summed E-state index contributed by atoms with van der Waals surface area (Å²) in [5, 5.41) is 0. The Morgan fingerprint density at radius 3 is 2.82 bits per heavy atom. The molecule has 1 nitrogen and oxygen atoms in total. The van der Waals surface area contributed by atoms with Crippen molar-refractivity contribution >= 4 is 0 Å². The van der Waals surface area contributed by atoms with Gasteiger partial charge in [-0.15, -0.1) is 6.42 Å². The van der Waals surface area contributed by atoms with E-state index in [1.165, 1.54) is 0 Å². The van der Waals surface area contributed by atoms with Gasteiger partial charge in [-0.1, -0.05) is 24.1 Å². The van der Waals surface area contributed by atoms with Crippen LogP contribution in [0.3, 0.4) is 0 Å². The molecule has 1 rings (SSSR count). The zero-order valence-corrected chi connectivity index (χ0v) is 6.50. The standard InChI is InChI=1S/C10H10O/c1-3-9-6-4-5-7-10(9)8-11-2/h1,4-7H,8H2,2H3. The van der Waals surface area contributed by atoms with Gasteiger partial charge in [-0.2, -0.15) is 0 Å². The highest BCUT2D eigenvalue weighted by Gasteiger charge is 1.95. The number of rotatable bonds is 2. The third kappa shape index (κ3) is 1.83. The van der Waals surface area contributed by atoms with Crippen LogP contribution in [0.15, 0.2) is 24.3 Å². The van der Waals surface area contributed by atoms with Gasteiger partial charge in [0.2, 0.25) is 0 Å². The molecule has 0 unspecified atom stereocenters. The van der Waals surface area contributed by atoms with Crippen LogP contribution in [0.1, 0.15) is 11.1 Å². The molecule has 0 radical (unpaired) electrons. The summed E-state index contributed by atoms with van der Waals surface area (Å²) in [7, 11) is 1.66. The van der Waals surface area contributed by atoms with Gasteiger partial charge in [0.15, 0.2) is 0 Å². The number of hydrogen-bond acceptors (Lipinski definition) is 1. The minimum Gasteiger partial charge on any atom is -0.380 e. The number of benzene rings is 1. The van der Waals surface area contributed by atoms with Gasteiger partial charge in [-0.3, -0.25) is 0 Å². The first-order chi connectivity index (χ1) is 5.38. The fourth-order valence-electron chi connectivity index (χ4n) is 0.942. The summed E-state index contributed by atoms with van der Waals surface area (Å²) >= 11 is 0. The Kier molecular flexibility index (Phi) is 2.71. The van der Waals surface area contributed by atoms with Gasteiger partial charge >= 0.3 is 0 Å². The molecule has 1 aromatic rings. The summed E-state index contributed by atoms with van der Waals surface area (Å²) in [6, 6.07) is 7.76. The largest absolute Gasteiger partial charge is 0.380 e. The lowest BCUT2D eigenvalue weighted by atomic mass is 10.1. The van der Waals surface area contributed by atoms with E-state index in [0.29, 0.717) is 6.61 Å². The zero-order valence-electron chi connectivity index (χ0n) is 6.50. The molecule has 0 atom stereocenters. The molecule has 0 heterocycles. The molecule has 0 bridgehead atoms. The molecule has 0 N–H and O–H groups in total. The minimum absolute atomic E-state index is 0.584. The van der Waals surface area contributed by atoms with E-state index in [0.717, 1.165) is 11.1 Å². The predicted octanol–water partition coefficient (Wildman–Crippen LogP) is 1.81. The van der Waals surface area contributed by atoms with Gasteiger partial charge in [-0.25, -0.2) is 0 Å². The normalized spacial score (nSPS) is 9.09. The van der Waals surface area contributed by atoms with Crippen LogP contribution in [0.25, 0.3) is 0 Å². The lowest BCUT2D eigenvalue weighted by molar-refractivity contribution is 0.184. The van der Waals surface area contributed by atoms with Gasteiger partial charge in [0.05, 0.1) is 6.61 Å². The second-order valence-electron chi connectivity index (χ2n) is 2.23. The fourth-order valence-corrected chi connectivity index (χ4v) is 0.942. The Balaban J connectivity index is 2.95. The monoisotopic (exact) mass is 146 g/mol. The first-order valence-electron chi connectivity index (χ1n) is 3.42. The summed E-state index contributed by atoms with van der Waals surface area (Å²) in [6.07, 6.45) is 5.28. The van der Waals surface area contributed by atoms with Crippen molar-refractivity contribution < 1.29 is 4.74 Å². The summed E-state index contributed by atoms with van der Waals surface area (Å²) < 4.78 is 4.97. The van der Waals surface area contributed by atoms with Gasteiger partial charge in [-0.05, 0) is 11.6 Å². The van der Waals surface area contributed by atoms with Gasteiger partial charge in [0, 0.05) is 12.7 Å². The molecule has 0 aliphatic rings. The quantitative estimate of drug-likeness (QED) is 0.578. The molecular formula is C10H10O. The van der Waals surface area contributed by atoms with Crippen molar-refractivity contribution in [3.63, 3.8) is 0 Å². The van der Waals surface area contributed by atoms with Gasteiger partial charge in [0.25, 0.3) is 0 Å². The third-order valence-electron chi connectivity index (χ3n) is 1.47. The average molecular weight is 146 g/mol. The van der Waals surface area contributed by atoms with Crippen LogP contribution >= 0.6 is 0 Å². The molecule has 1 aromatic carbocycles. The topological polar surface area (TPSA) is 9.23 Å². The summed E-state index contributed by atoms with van der Waals surface area (Å²) in [5.41, 5.74) is 1.98. The van der Waals surface area contributed by atoms with Crippen LogP contribution in [0, 0.1) is 12.3 Å². The number of methoxy groups -OCH3 is 1. The molecule has 0 saturated heterocycles. The first-order valence-corrected chi connectivity index (χ1v) is 3.42. The molecule has 0 aliphatic heterocycles. The SMILES string of the molecule is C#Cc1ccccc1COC. The number of ether oxygens (including phenoxy) is 1. The van der Waals surface area contributed by atoms with Crippen molar-refractivity contribution in [2.45, 2.75) is 6.61 Å². The molecule has 56 valence electrons. The van der Waals surface area contributed by atoms with E-state index in [-0.39, 0.29) is 0 Å². The van der Waals surface area contributed by atoms with E-state index in [2.05, 4.69) is 5.92 Å². The van der Waals surface area contributed by atoms with Crippen LogP contribution in [0.4, 0.5) is 0 Å². The summed E-state index contributed by atoms with van der Waals surface area (Å²) in [4.78, 5) is 0. The van der Waals surface area contributed by atoms with Crippen molar-refractivity contribution in [2.24, 2.45) is 0 Å². The summed E-state index contributed by atoms with van der Waals surface area (Å²) in [5.74, 6) is 2.60. The van der Waals surface area contributed by atoms with Crippen LogP contribution < -0.4 is 0 Å². The molecule has 11 heavy (non-hydrogen) atoms. The number of terminal acetylenes is 1. The predicted molar refractivity (Wildman–Crippen MR) is 45.1 cm³/mol. The molecule has 0 spiro atoms. The van der Waals surface area contributed by atoms with Crippen molar-refractivity contribution in [1.29, 1.82) is 0 Å². The smallest absolute Gasteiger partial charge is 0.0725 e. The number of hydrogen-bond donors (Lipinski definition) is 0. The lowest BCUT2D eigenvalue weighted by Gasteiger charge is -2.01. The first kappa shape index (κ1) is 7.84. The van der Waals surface area contributed by atoms with Crippen LogP contribution in [-0.4, -0.2) is 7.11 Å². The fraction of sp³-hybridized carbons (Fsp3) is 0.200. The second kappa shape index (κ2) is 3.80. The Morgan fingerprint density at radius 1 is 1.45 bits per heavy atom. The molecule has 0 saturated carbocycles. The van der Waals surface area contributed by atoms with Crippen LogP contribution in [0.2, 0.25) is 0 Å². The van der Waals surface area contributed by atoms with Gasteiger partial charge in [0.1, 0.15) is 0 Å². The van der Waals surface area contributed by atoms with Gasteiger partial charge < -0.3 is 4.74 Å². The van der Waals surface area contributed by atoms with E-state index < -0.39 is 0 Å². The Morgan fingerprint density at radius 2 is 2.18 bits per heavy atom. The maximum absolute atomic E-state index is 5.28. The molecule has 1 heteroatoms. The van der Waals surface area contributed by atoms with E-state index in [9.17, 15) is 0 Å². The van der Waals surface area contributed by atoms with Crippen molar-refractivity contribution in [3.05, 3.63) is 35.4 Å². The van der Waals surface area contributed by atoms with Crippen LogP contribution in [0.5, 0.6) is 0 Å². The van der Waals surface area contributed by atoms with Crippen LogP contribution in [-0.2, 0) is 11.3 Å². The second-order valence-corrected chi connectivity index (χ2v) is 2.23. The Labute approximate surface area is 67.0 Å². The Hall–Kier alpha value is -1.26. The molecule has 0 aromatic heterocycles. The van der Waals surface area contributed by atoms with Crippen molar-refractivity contribution in [3.8, 4) is 12.3 Å². The van der Waals surface area contributed by atoms with E-state index in [1.807, 2.05) is 24.3 Å². The van der Waals surface area contributed by atoms with Crippen molar-refractivity contribution in [1.82, 2.24) is 0 Å². The maximum atomic E-state index is 5.28. The molecule has 0 amide bonds. The highest BCUT2D eigenvalue weighted by atomic mass is 16.5. The van der Waals surface area contributed by atoms with Crippen molar-refractivity contribution in [2.75, 3.05) is 7.11 Å². The summed E-state index contributed by atoms with van der Waals surface area (Å²) in [6.45, 7) is 0.584. The maximum Gasteiger partial charge on any atom is 0.0725 e. The van der Waals surface area contributed by atoms with E-state index in [1.54, 1.807) is 7.11 Å². The average Bonchev–Trinajstić information content (AvgIpc) is 2.06. The van der Waals surface area contributed by atoms with E-state index >= 15 is 0 Å². The highest BCUT2D eigenvalue weighted by molar-refractivity contribution is 5.39. The lowest BCUT2D eigenvalue weighted by Crippen LogP contribution is -1.90. The third-order valence-corrected chi connectivity index (χ3v) is 1.47. The van der Waals surface area contributed by atoms with E-state index in [4.69, 9.17) is 11.2 Å². The molecular weight excluding hydrogens is 136 g/mol. The highest BCUT2D eigenvalue weighted by Crippen LogP contribution is 2.07. The minimum atomic E-state index is 0.584. The zero-order chi connectivity index (χ0) is 8.10. The Bertz CT molecular complexity index is 270.